The Kier molecular flexibility index (Phi) is 4.38. The molecule has 0 aromatic heterocycles. The van der Waals surface area contributed by atoms with E-state index in [0.29, 0.717) is 5.92 Å². The van der Waals surface area contributed by atoms with Gasteiger partial charge in [-0.2, -0.15) is 0 Å². The molecule has 2 rings (SSSR count). The van der Waals surface area contributed by atoms with E-state index in [9.17, 15) is 10.1 Å². The first-order chi connectivity index (χ1) is 8.66. The van der Waals surface area contributed by atoms with Gasteiger partial charge >= 0.3 is 0 Å². The molecule has 1 N–H and O–H groups in total. The van der Waals surface area contributed by atoms with E-state index in [1.54, 1.807) is 12.1 Å². The number of anilines is 1. The third kappa shape index (κ3) is 3.34. The maximum absolute atomic E-state index is 10.6. The van der Waals surface area contributed by atoms with Gasteiger partial charge in [-0.25, -0.2) is 0 Å². The number of hydrogen-bond donors (Lipinski definition) is 1. The molecule has 0 bridgehead atoms. The highest BCUT2D eigenvalue weighted by Crippen LogP contribution is 2.27. The maximum Gasteiger partial charge on any atom is 0.288 e. The predicted molar refractivity (Wildman–Crippen MR) is 70.1 cm³/mol. The van der Waals surface area contributed by atoms with Crippen LogP contribution in [0, 0.1) is 16.0 Å². The molecular weight excluding hydrogens is 256 g/mol. The van der Waals surface area contributed by atoms with Gasteiger partial charge in [0.1, 0.15) is 5.02 Å². The first-order valence-corrected chi connectivity index (χ1v) is 6.30. The molecule has 0 spiro atoms. The Hall–Kier alpha value is -1.33. The van der Waals surface area contributed by atoms with Crippen LogP contribution in [0.25, 0.3) is 0 Å². The fourth-order valence-corrected chi connectivity index (χ4v) is 2.23. The lowest BCUT2D eigenvalue weighted by molar-refractivity contribution is -0.384. The third-order valence-corrected chi connectivity index (χ3v) is 3.38. The highest BCUT2D eigenvalue weighted by Gasteiger charge is 2.15. The number of halogens is 1. The monoisotopic (exact) mass is 270 g/mol. The van der Waals surface area contributed by atoms with Gasteiger partial charge < -0.3 is 10.1 Å². The summed E-state index contributed by atoms with van der Waals surface area (Å²) in [6.07, 6.45) is 2.10. The Morgan fingerprint density at radius 1 is 1.44 bits per heavy atom. The molecule has 1 aromatic carbocycles. The van der Waals surface area contributed by atoms with E-state index in [0.717, 1.165) is 38.3 Å². The molecule has 0 saturated carbocycles. The minimum atomic E-state index is -0.482. The van der Waals surface area contributed by atoms with Crippen molar-refractivity contribution in [2.75, 3.05) is 25.1 Å². The maximum atomic E-state index is 10.6. The van der Waals surface area contributed by atoms with Crippen LogP contribution < -0.4 is 5.32 Å². The van der Waals surface area contributed by atoms with Crippen molar-refractivity contribution in [2.45, 2.75) is 12.8 Å². The number of nitro groups is 1. The highest BCUT2D eigenvalue weighted by molar-refractivity contribution is 6.32. The van der Waals surface area contributed by atoms with Crippen LogP contribution in [0.2, 0.25) is 5.02 Å². The van der Waals surface area contributed by atoms with Gasteiger partial charge in [-0.05, 0) is 30.9 Å². The Balaban J connectivity index is 1.93. The first kappa shape index (κ1) is 13.1. The SMILES string of the molecule is O=[N+]([O-])c1ccc(NCC2CCOCC2)cc1Cl. The van der Waals surface area contributed by atoms with Crippen molar-refractivity contribution < 1.29 is 9.66 Å². The van der Waals surface area contributed by atoms with Crippen molar-refractivity contribution in [2.24, 2.45) is 5.92 Å². The number of nitrogens with zero attached hydrogens (tertiary/aromatic N) is 1. The smallest absolute Gasteiger partial charge is 0.288 e. The van der Waals surface area contributed by atoms with Crippen LogP contribution in [0.4, 0.5) is 11.4 Å². The van der Waals surface area contributed by atoms with Crippen LogP contribution in [0.5, 0.6) is 0 Å². The summed E-state index contributed by atoms with van der Waals surface area (Å²) in [4.78, 5) is 10.1. The molecule has 6 heteroatoms. The third-order valence-electron chi connectivity index (χ3n) is 3.08. The largest absolute Gasteiger partial charge is 0.385 e. The normalized spacial score (nSPS) is 16.5. The van der Waals surface area contributed by atoms with E-state index >= 15 is 0 Å². The Labute approximate surface area is 110 Å². The second-order valence-corrected chi connectivity index (χ2v) is 4.77. The topological polar surface area (TPSA) is 64.4 Å². The van der Waals surface area contributed by atoms with Crippen molar-refractivity contribution in [3.8, 4) is 0 Å². The fraction of sp³-hybridized carbons (Fsp3) is 0.500. The van der Waals surface area contributed by atoms with Crippen molar-refractivity contribution >= 4 is 23.0 Å². The molecule has 1 fully saturated rings. The molecule has 0 unspecified atom stereocenters. The summed E-state index contributed by atoms with van der Waals surface area (Å²) in [6, 6.07) is 4.71. The number of nitrogens with one attached hydrogen (secondary N) is 1. The van der Waals surface area contributed by atoms with E-state index in [2.05, 4.69) is 5.32 Å². The number of nitro benzene ring substituents is 1. The highest BCUT2D eigenvalue weighted by atomic mass is 35.5. The van der Waals surface area contributed by atoms with E-state index in [-0.39, 0.29) is 10.7 Å². The van der Waals surface area contributed by atoms with Gasteiger partial charge in [-0.3, -0.25) is 10.1 Å². The quantitative estimate of drug-likeness (QED) is 0.674. The summed E-state index contributed by atoms with van der Waals surface area (Å²) >= 11 is 5.84. The molecule has 1 saturated heterocycles. The average Bonchev–Trinajstić information content (AvgIpc) is 2.37. The Morgan fingerprint density at radius 2 is 2.17 bits per heavy atom. The molecule has 1 aliphatic rings. The molecule has 98 valence electrons. The van der Waals surface area contributed by atoms with Gasteiger partial charge in [-0.1, -0.05) is 11.6 Å². The van der Waals surface area contributed by atoms with E-state index < -0.39 is 4.92 Å². The average molecular weight is 271 g/mol. The summed E-state index contributed by atoms with van der Waals surface area (Å²) in [5.74, 6) is 0.590. The van der Waals surface area contributed by atoms with Crippen molar-refractivity contribution in [3.05, 3.63) is 33.3 Å². The zero-order valence-electron chi connectivity index (χ0n) is 9.89. The molecule has 1 aliphatic heterocycles. The van der Waals surface area contributed by atoms with Gasteiger partial charge in [0.25, 0.3) is 5.69 Å². The fourth-order valence-electron chi connectivity index (χ4n) is 1.98. The van der Waals surface area contributed by atoms with Crippen LogP contribution in [-0.4, -0.2) is 24.7 Å². The number of benzene rings is 1. The molecule has 1 aromatic rings. The molecule has 0 amide bonds. The molecule has 5 nitrogen and oxygen atoms in total. The van der Waals surface area contributed by atoms with Gasteiger partial charge in [0.2, 0.25) is 0 Å². The lowest BCUT2D eigenvalue weighted by atomic mass is 10.0. The van der Waals surface area contributed by atoms with Gasteiger partial charge in [0.15, 0.2) is 0 Å². The van der Waals surface area contributed by atoms with Gasteiger partial charge in [-0.15, -0.1) is 0 Å². The minimum absolute atomic E-state index is 0.0618. The summed E-state index contributed by atoms with van der Waals surface area (Å²) in [6.45, 7) is 2.47. The summed E-state index contributed by atoms with van der Waals surface area (Å²) in [5, 5.41) is 14.0. The van der Waals surface area contributed by atoms with Gasteiger partial charge in [0, 0.05) is 31.5 Å². The Morgan fingerprint density at radius 3 is 2.78 bits per heavy atom. The molecular formula is C12H15ClN2O3. The van der Waals surface area contributed by atoms with Crippen molar-refractivity contribution in [1.29, 1.82) is 0 Å². The standard InChI is InChI=1S/C12H15ClN2O3/c13-11-7-10(1-2-12(11)15(16)17)14-8-9-3-5-18-6-4-9/h1-2,7,9,14H,3-6,8H2. The second kappa shape index (κ2) is 6.02. The molecule has 0 radical (unpaired) electrons. The second-order valence-electron chi connectivity index (χ2n) is 4.36. The summed E-state index contributed by atoms with van der Waals surface area (Å²) < 4.78 is 5.29. The van der Waals surface area contributed by atoms with Crippen LogP contribution in [0.1, 0.15) is 12.8 Å². The lowest BCUT2D eigenvalue weighted by Crippen LogP contribution is -2.22. The van der Waals surface area contributed by atoms with E-state index in [1.165, 1.54) is 6.07 Å². The van der Waals surface area contributed by atoms with Crippen LogP contribution in [-0.2, 0) is 4.74 Å². The minimum Gasteiger partial charge on any atom is -0.385 e. The molecule has 0 atom stereocenters. The van der Waals surface area contributed by atoms with Gasteiger partial charge in [0.05, 0.1) is 4.92 Å². The number of rotatable bonds is 4. The first-order valence-electron chi connectivity index (χ1n) is 5.92. The van der Waals surface area contributed by atoms with E-state index in [1.807, 2.05) is 0 Å². The number of hydrogen-bond acceptors (Lipinski definition) is 4. The van der Waals surface area contributed by atoms with Crippen molar-refractivity contribution in [1.82, 2.24) is 0 Å². The number of ether oxygens (including phenoxy) is 1. The zero-order valence-corrected chi connectivity index (χ0v) is 10.7. The predicted octanol–water partition coefficient (Wildman–Crippen LogP) is 3.09. The lowest BCUT2D eigenvalue weighted by Gasteiger charge is -2.22. The summed E-state index contributed by atoms with van der Waals surface area (Å²) in [5.41, 5.74) is 0.755. The summed E-state index contributed by atoms with van der Waals surface area (Å²) in [7, 11) is 0. The molecule has 1 heterocycles. The zero-order chi connectivity index (χ0) is 13.0. The van der Waals surface area contributed by atoms with Crippen molar-refractivity contribution in [3.63, 3.8) is 0 Å². The Bertz CT molecular complexity index is 433. The van der Waals surface area contributed by atoms with E-state index in [4.69, 9.17) is 16.3 Å². The van der Waals surface area contributed by atoms with Crippen LogP contribution in [0.15, 0.2) is 18.2 Å². The molecule has 0 aliphatic carbocycles. The van der Waals surface area contributed by atoms with Crippen LogP contribution >= 0.6 is 11.6 Å². The molecule has 18 heavy (non-hydrogen) atoms. The van der Waals surface area contributed by atoms with Crippen LogP contribution in [0.3, 0.4) is 0 Å².